The molecular formula is C23H20N2O. The van der Waals surface area contributed by atoms with Crippen LogP contribution in [-0.4, -0.2) is 29.6 Å². The average Bonchev–Trinajstić information content (AvgIpc) is 3.07. The van der Waals surface area contributed by atoms with Gasteiger partial charge < -0.3 is 4.90 Å². The lowest BCUT2D eigenvalue weighted by atomic mass is 10.0. The quantitative estimate of drug-likeness (QED) is 0.473. The summed E-state index contributed by atoms with van der Waals surface area (Å²) in [7, 11) is 3.56. The number of rotatable bonds is 2. The van der Waals surface area contributed by atoms with E-state index in [0.717, 1.165) is 27.7 Å². The number of amides is 1. The number of nitrogens with zero attached hydrogens (tertiary/aromatic N) is 2. The minimum absolute atomic E-state index is 0.0497. The minimum atomic E-state index is -0.0497. The Hall–Kier alpha value is -3.33. The van der Waals surface area contributed by atoms with Crippen LogP contribution in [-0.2, 0) is 0 Å². The molecule has 1 heterocycles. The van der Waals surface area contributed by atoms with E-state index >= 15 is 0 Å². The van der Waals surface area contributed by atoms with Crippen molar-refractivity contribution in [2.75, 3.05) is 14.1 Å². The van der Waals surface area contributed by atoms with Gasteiger partial charge in [-0.3, -0.25) is 4.57 Å². The topological polar surface area (TPSA) is 25.2 Å². The van der Waals surface area contributed by atoms with Crippen molar-refractivity contribution in [1.82, 2.24) is 9.47 Å². The van der Waals surface area contributed by atoms with Gasteiger partial charge in [-0.15, -0.1) is 0 Å². The van der Waals surface area contributed by atoms with E-state index in [4.69, 9.17) is 0 Å². The highest BCUT2D eigenvalue weighted by Crippen LogP contribution is 2.31. The molecule has 0 atom stereocenters. The van der Waals surface area contributed by atoms with Crippen LogP contribution in [0.5, 0.6) is 0 Å². The van der Waals surface area contributed by atoms with Gasteiger partial charge in [-0.05, 0) is 34.9 Å². The number of benzene rings is 3. The van der Waals surface area contributed by atoms with E-state index in [9.17, 15) is 4.79 Å². The zero-order chi connectivity index (χ0) is 18.1. The van der Waals surface area contributed by atoms with E-state index in [0.29, 0.717) is 0 Å². The second-order valence-corrected chi connectivity index (χ2v) is 6.55. The SMILES string of the molecule is CN(C)C(=O)n1c(-c2ccccc2)cc2cc(-c3ccccc3)ccc21. The van der Waals surface area contributed by atoms with Crippen LogP contribution in [0.25, 0.3) is 33.3 Å². The number of hydrogen-bond acceptors (Lipinski definition) is 1. The maximum absolute atomic E-state index is 12.9. The van der Waals surface area contributed by atoms with Gasteiger partial charge in [0.25, 0.3) is 0 Å². The van der Waals surface area contributed by atoms with Crippen LogP contribution < -0.4 is 0 Å². The Morgan fingerprint density at radius 3 is 1.96 bits per heavy atom. The maximum Gasteiger partial charge on any atom is 0.328 e. The molecule has 0 saturated carbocycles. The van der Waals surface area contributed by atoms with Crippen LogP contribution in [0.1, 0.15) is 0 Å². The van der Waals surface area contributed by atoms with E-state index in [1.54, 1.807) is 23.6 Å². The molecule has 0 unspecified atom stereocenters. The second kappa shape index (κ2) is 6.52. The maximum atomic E-state index is 12.9. The number of fused-ring (bicyclic) bond motifs is 1. The fourth-order valence-corrected chi connectivity index (χ4v) is 3.25. The molecule has 4 rings (SSSR count). The lowest BCUT2D eigenvalue weighted by Crippen LogP contribution is -2.27. The van der Waals surface area contributed by atoms with E-state index in [1.165, 1.54) is 5.56 Å². The molecule has 3 aromatic carbocycles. The molecule has 0 N–H and O–H groups in total. The third-order valence-electron chi connectivity index (χ3n) is 4.55. The summed E-state index contributed by atoms with van der Waals surface area (Å²) in [6.07, 6.45) is 0. The van der Waals surface area contributed by atoms with Gasteiger partial charge in [-0.1, -0.05) is 66.7 Å². The third kappa shape index (κ3) is 2.78. The molecule has 0 saturated heterocycles. The number of hydrogen-bond donors (Lipinski definition) is 0. The molecule has 26 heavy (non-hydrogen) atoms. The summed E-state index contributed by atoms with van der Waals surface area (Å²) in [6, 6.07) is 28.6. The van der Waals surface area contributed by atoms with E-state index in [-0.39, 0.29) is 6.03 Å². The molecular weight excluding hydrogens is 320 g/mol. The molecule has 0 radical (unpaired) electrons. The molecule has 0 bridgehead atoms. The number of carbonyl (C=O) groups excluding carboxylic acids is 1. The zero-order valence-electron chi connectivity index (χ0n) is 14.9. The predicted molar refractivity (Wildman–Crippen MR) is 107 cm³/mol. The van der Waals surface area contributed by atoms with Crippen molar-refractivity contribution in [2.45, 2.75) is 0 Å². The molecule has 3 heteroatoms. The normalized spacial score (nSPS) is 10.8. The van der Waals surface area contributed by atoms with Gasteiger partial charge in [0.1, 0.15) is 0 Å². The summed E-state index contributed by atoms with van der Waals surface area (Å²) >= 11 is 0. The van der Waals surface area contributed by atoms with Gasteiger partial charge in [-0.25, -0.2) is 4.79 Å². The molecule has 0 spiro atoms. The predicted octanol–water partition coefficient (Wildman–Crippen LogP) is 5.51. The Morgan fingerprint density at radius 1 is 0.731 bits per heavy atom. The molecule has 1 aromatic heterocycles. The highest BCUT2D eigenvalue weighted by atomic mass is 16.2. The highest BCUT2D eigenvalue weighted by Gasteiger charge is 2.18. The molecule has 4 aromatic rings. The first-order valence-electron chi connectivity index (χ1n) is 8.63. The first-order valence-corrected chi connectivity index (χ1v) is 8.63. The van der Waals surface area contributed by atoms with Gasteiger partial charge in [0, 0.05) is 19.5 Å². The second-order valence-electron chi connectivity index (χ2n) is 6.55. The molecule has 0 fully saturated rings. The summed E-state index contributed by atoms with van der Waals surface area (Å²) < 4.78 is 1.79. The van der Waals surface area contributed by atoms with Crippen LogP contribution in [0.2, 0.25) is 0 Å². The Kier molecular flexibility index (Phi) is 4.05. The number of carbonyl (C=O) groups is 1. The fourth-order valence-electron chi connectivity index (χ4n) is 3.25. The fraction of sp³-hybridized carbons (Fsp3) is 0.0870. The van der Waals surface area contributed by atoms with Crippen molar-refractivity contribution < 1.29 is 4.79 Å². The van der Waals surface area contributed by atoms with Crippen LogP contribution in [0.3, 0.4) is 0 Å². The highest BCUT2D eigenvalue weighted by molar-refractivity contribution is 5.99. The Balaban J connectivity index is 1.95. The van der Waals surface area contributed by atoms with Gasteiger partial charge in [0.2, 0.25) is 0 Å². The molecule has 0 aliphatic carbocycles. The largest absolute Gasteiger partial charge is 0.330 e. The monoisotopic (exact) mass is 340 g/mol. The molecule has 3 nitrogen and oxygen atoms in total. The third-order valence-corrected chi connectivity index (χ3v) is 4.55. The summed E-state index contributed by atoms with van der Waals surface area (Å²) in [6.45, 7) is 0. The summed E-state index contributed by atoms with van der Waals surface area (Å²) in [5, 5.41) is 1.06. The first kappa shape index (κ1) is 16.2. The Bertz CT molecular complexity index is 1060. The molecule has 128 valence electrons. The standard InChI is InChI=1S/C23H20N2O/c1-24(2)23(26)25-21-14-13-19(17-9-5-3-6-10-17)15-20(21)16-22(25)18-11-7-4-8-12-18/h3-16H,1-2H3. The van der Waals surface area contributed by atoms with Gasteiger partial charge in [-0.2, -0.15) is 0 Å². The van der Waals surface area contributed by atoms with Crippen molar-refractivity contribution in [2.24, 2.45) is 0 Å². The van der Waals surface area contributed by atoms with Crippen LogP contribution in [0, 0.1) is 0 Å². The molecule has 1 amide bonds. The van der Waals surface area contributed by atoms with Crippen molar-refractivity contribution in [1.29, 1.82) is 0 Å². The van der Waals surface area contributed by atoms with Crippen LogP contribution >= 0.6 is 0 Å². The number of aromatic nitrogens is 1. The smallest absolute Gasteiger partial charge is 0.328 e. The Labute approximate surface area is 153 Å². The van der Waals surface area contributed by atoms with Gasteiger partial charge in [0.05, 0.1) is 11.2 Å². The summed E-state index contributed by atoms with van der Waals surface area (Å²) in [5.41, 5.74) is 5.17. The zero-order valence-corrected chi connectivity index (χ0v) is 14.9. The van der Waals surface area contributed by atoms with Crippen molar-refractivity contribution in [3.63, 3.8) is 0 Å². The van der Waals surface area contributed by atoms with Crippen LogP contribution in [0.4, 0.5) is 4.79 Å². The molecule has 0 aliphatic rings. The lowest BCUT2D eigenvalue weighted by molar-refractivity contribution is 0.220. The first-order chi connectivity index (χ1) is 12.6. The van der Waals surface area contributed by atoms with E-state index in [1.807, 2.05) is 54.6 Å². The van der Waals surface area contributed by atoms with Crippen molar-refractivity contribution >= 4 is 16.9 Å². The lowest BCUT2D eigenvalue weighted by Gasteiger charge is -2.15. The van der Waals surface area contributed by atoms with Gasteiger partial charge >= 0.3 is 6.03 Å². The van der Waals surface area contributed by atoms with E-state index < -0.39 is 0 Å². The van der Waals surface area contributed by atoms with E-state index in [2.05, 4.69) is 30.3 Å². The summed E-state index contributed by atoms with van der Waals surface area (Å²) in [4.78, 5) is 14.5. The average molecular weight is 340 g/mol. The summed E-state index contributed by atoms with van der Waals surface area (Å²) in [5.74, 6) is 0. The van der Waals surface area contributed by atoms with Gasteiger partial charge in [0.15, 0.2) is 0 Å². The van der Waals surface area contributed by atoms with Crippen LogP contribution in [0.15, 0.2) is 84.9 Å². The molecule has 0 aliphatic heterocycles. The van der Waals surface area contributed by atoms with Crippen molar-refractivity contribution in [3.05, 3.63) is 84.9 Å². The van der Waals surface area contributed by atoms with Crippen molar-refractivity contribution in [3.8, 4) is 22.4 Å². The Morgan fingerprint density at radius 2 is 1.35 bits per heavy atom. The minimum Gasteiger partial charge on any atom is -0.330 e.